The van der Waals surface area contributed by atoms with Crippen LogP contribution in [-0.4, -0.2) is 19.9 Å². The first kappa shape index (κ1) is 15.2. The fraction of sp³-hybridized carbons (Fsp3) is 0.438. The molecule has 6 heteroatoms. The van der Waals surface area contributed by atoms with Gasteiger partial charge in [0.15, 0.2) is 5.89 Å². The van der Waals surface area contributed by atoms with E-state index in [1.807, 2.05) is 19.1 Å². The lowest BCUT2D eigenvalue weighted by molar-refractivity contribution is 0.469. The topological polar surface area (TPSA) is 72.2 Å². The molecular weight excluding hydrogens is 300 g/mol. The highest BCUT2D eigenvalue weighted by Crippen LogP contribution is 2.24. The highest BCUT2D eigenvalue weighted by molar-refractivity contribution is 7.89. The Bertz CT molecular complexity index is 765. The number of oxazole rings is 1. The van der Waals surface area contributed by atoms with Crippen LogP contribution >= 0.6 is 0 Å². The molecule has 2 aromatic rings. The summed E-state index contributed by atoms with van der Waals surface area (Å²) in [5, 5.41) is 0. The molecule has 0 saturated carbocycles. The van der Waals surface area contributed by atoms with Crippen molar-refractivity contribution in [2.45, 2.75) is 43.9 Å². The van der Waals surface area contributed by atoms with E-state index in [9.17, 15) is 8.42 Å². The molecule has 1 aromatic carbocycles. The van der Waals surface area contributed by atoms with Crippen LogP contribution < -0.4 is 4.72 Å². The quantitative estimate of drug-likeness (QED) is 0.918. The number of benzene rings is 1. The predicted octanol–water partition coefficient (Wildman–Crippen LogP) is 2.38. The zero-order chi connectivity index (χ0) is 15.6. The lowest BCUT2D eigenvalue weighted by Gasteiger charge is -2.16. The van der Waals surface area contributed by atoms with Crippen molar-refractivity contribution in [2.24, 2.45) is 0 Å². The van der Waals surface area contributed by atoms with E-state index in [2.05, 4.69) is 9.71 Å². The third-order valence-corrected chi connectivity index (χ3v) is 5.39. The molecule has 1 aromatic heterocycles. The van der Waals surface area contributed by atoms with E-state index in [1.54, 1.807) is 12.3 Å². The number of aryl methyl sites for hydroxylation is 3. The first-order chi connectivity index (χ1) is 10.5. The highest BCUT2D eigenvalue weighted by Gasteiger charge is 2.17. The lowest BCUT2D eigenvalue weighted by Crippen LogP contribution is -2.26. The predicted molar refractivity (Wildman–Crippen MR) is 83.2 cm³/mol. The average molecular weight is 320 g/mol. The van der Waals surface area contributed by atoms with Gasteiger partial charge in [0, 0.05) is 13.0 Å². The van der Waals surface area contributed by atoms with Crippen LogP contribution in [0.5, 0.6) is 0 Å². The third-order valence-electron chi connectivity index (χ3n) is 3.93. The summed E-state index contributed by atoms with van der Waals surface area (Å²) in [5.74, 6) is 1.28. The summed E-state index contributed by atoms with van der Waals surface area (Å²) in [4.78, 5) is 4.41. The van der Waals surface area contributed by atoms with Gasteiger partial charge in [-0.05, 0) is 55.9 Å². The largest absolute Gasteiger partial charge is 0.446 e. The Morgan fingerprint density at radius 1 is 1.23 bits per heavy atom. The second-order valence-electron chi connectivity index (χ2n) is 5.65. The Morgan fingerprint density at radius 2 is 2.00 bits per heavy atom. The summed E-state index contributed by atoms with van der Waals surface area (Å²) in [7, 11) is -3.48. The maximum absolute atomic E-state index is 12.4. The van der Waals surface area contributed by atoms with Gasteiger partial charge in [0.2, 0.25) is 10.0 Å². The van der Waals surface area contributed by atoms with Crippen LogP contribution in [0, 0.1) is 6.92 Å². The van der Waals surface area contributed by atoms with Crippen LogP contribution in [0.3, 0.4) is 0 Å². The summed E-state index contributed by atoms with van der Waals surface area (Å²) in [6, 6.07) is 5.45. The fourth-order valence-electron chi connectivity index (χ4n) is 2.77. The van der Waals surface area contributed by atoms with Crippen LogP contribution in [0.2, 0.25) is 0 Å². The van der Waals surface area contributed by atoms with E-state index in [0.717, 1.165) is 30.6 Å². The van der Waals surface area contributed by atoms with E-state index in [1.165, 1.54) is 12.0 Å². The minimum atomic E-state index is -3.48. The van der Waals surface area contributed by atoms with Crippen molar-refractivity contribution in [3.8, 4) is 0 Å². The summed E-state index contributed by atoms with van der Waals surface area (Å²) in [5.41, 5.74) is 2.44. The first-order valence-electron chi connectivity index (χ1n) is 7.57. The van der Waals surface area contributed by atoms with Gasteiger partial charge < -0.3 is 4.42 Å². The number of hydrogen-bond donors (Lipinski definition) is 1. The Kier molecular flexibility index (Phi) is 4.31. The molecule has 118 valence electrons. The molecular formula is C16H20N2O3S. The Balaban J connectivity index is 1.67. The van der Waals surface area contributed by atoms with Gasteiger partial charge in [0.1, 0.15) is 5.76 Å². The second-order valence-corrected chi connectivity index (χ2v) is 7.42. The van der Waals surface area contributed by atoms with E-state index in [4.69, 9.17) is 4.42 Å². The second kappa shape index (κ2) is 6.22. The van der Waals surface area contributed by atoms with Gasteiger partial charge in [0.25, 0.3) is 0 Å². The molecule has 0 aliphatic heterocycles. The van der Waals surface area contributed by atoms with Crippen LogP contribution in [0.15, 0.2) is 33.7 Å². The summed E-state index contributed by atoms with van der Waals surface area (Å²) in [6.45, 7) is 2.09. The summed E-state index contributed by atoms with van der Waals surface area (Å²) in [6.07, 6.45) is 6.41. The van der Waals surface area contributed by atoms with Crippen molar-refractivity contribution in [3.05, 3.63) is 47.2 Å². The van der Waals surface area contributed by atoms with Gasteiger partial charge in [0.05, 0.1) is 11.1 Å². The van der Waals surface area contributed by atoms with Crippen molar-refractivity contribution in [3.63, 3.8) is 0 Å². The lowest BCUT2D eigenvalue weighted by atomic mass is 9.92. The van der Waals surface area contributed by atoms with Crippen molar-refractivity contribution >= 4 is 10.0 Å². The molecule has 0 amide bonds. The minimum Gasteiger partial charge on any atom is -0.446 e. The Morgan fingerprint density at radius 3 is 2.73 bits per heavy atom. The van der Waals surface area contributed by atoms with Gasteiger partial charge in [-0.1, -0.05) is 6.07 Å². The van der Waals surface area contributed by atoms with Crippen LogP contribution in [0.4, 0.5) is 0 Å². The highest BCUT2D eigenvalue weighted by atomic mass is 32.2. The van der Waals surface area contributed by atoms with E-state index in [-0.39, 0.29) is 6.54 Å². The van der Waals surface area contributed by atoms with Crippen molar-refractivity contribution in [1.82, 2.24) is 9.71 Å². The third kappa shape index (κ3) is 3.39. The molecule has 1 aliphatic carbocycles. The molecule has 1 heterocycles. The van der Waals surface area contributed by atoms with Crippen LogP contribution in [0.1, 0.15) is 35.6 Å². The number of rotatable bonds is 5. The maximum atomic E-state index is 12.4. The van der Waals surface area contributed by atoms with Crippen LogP contribution in [-0.2, 0) is 29.3 Å². The number of aromatic nitrogens is 1. The van der Waals surface area contributed by atoms with E-state index < -0.39 is 10.0 Å². The smallest absolute Gasteiger partial charge is 0.240 e. The van der Waals surface area contributed by atoms with Crippen molar-refractivity contribution < 1.29 is 12.8 Å². The van der Waals surface area contributed by atoms with Gasteiger partial charge in [-0.2, -0.15) is 0 Å². The molecule has 0 atom stereocenters. The summed E-state index contributed by atoms with van der Waals surface area (Å²) >= 11 is 0. The fourth-order valence-corrected chi connectivity index (χ4v) is 3.85. The maximum Gasteiger partial charge on any atom is 0.240 e. The van der Waals surface area contributed by atoms with Crippen LogP contribution in [0.25, 0.3) is 0 Å². The van der Waals surface area contributed by atoms with E-state index >= 15 is 0 Å². The van der Waals surface area contributed by atoms with Crippen molar-refractivity contribution in [2.75, 3.05) is 6.54 Å². The van der Waals surface area contributed by atoms with Gasteiger partial charge in [-0.3, -0.25) is 0 Å². The normalized spacial score (nSPS) is 14.8. The molecule has 0 bridgehead atoms. The monoisotopic (exact) mass is 320 g/mol. The van der Waals surface area contributed by atoms with Gasteiger partial charge >= 0.3 is 0 Å². The molecule has 0 saturated heterocycles. The number of nitrogens with zero attached hydrogens (tertiary/aromatic N) is 1. The number of hydrogen-bond acceptors (Lipinski definition) is 4. The molecule has 1 aliphatic rings. The molecule has 0 spiro atoms. The SMILES string of the molecule is Cc1cnc(CCNS(=O)(=O)c2ccc3c(c2)CCCC3)o1. The number of sulfonamides is 1. The standard InChI is InChI=1S/C16H20N2O3S/c1-12-11-17-16(21-12)8-9-18-22(19,20)15-7-6-13-4-2-3-5-14(13)10-15/h6-7,10-11,18H,2-5,8-9H2,1H3. The molecule has 5 nitrogen and oxygen atoms in total. The Labute approximate surface area is 130 Å². The zero-order valence-electron chi connectivity index (χ0n) is 12.6. The average Bonchev–Trinajstić information content (AvgIpc) is 2.92. The molecule has 0 radical (unpaired) electrons. The number of fused-ring (bicyclic) bond motifs is 1. The first-order valence-corrected chi connectivity index (χ1v) is 9.06. The minimum absolute atomic E-state index is 0.277. The molecule has 1 N–H and O–H groups in total. The Hall–Kier alpha value is -1.66. The zero-order valence-corrected chi connectivity index (χ0v) is 13.4. The number of nitrogens with one attached hydrogen (secondary N) is 1. The summed E-state index contributed by atoms with van der Waals surface area (Å²) < 4.78 is 32.6. The molecule has 3 rings (SSSR count). The molecule has 0 fully saturated rings. The molecule has 0 unspecified atom stereocenters. The molecule has 22 heavy (non-hydrogen) atoms. The van der Waals surface area contributed by atoms with Crippen molar-refractivity contribution in [1.29, 1.82) is 0 Å². The van der Waals surface area contributed by atoms with Gasteiger partial charge in [-0.15, -0.1) is 0 Å². The van der Waals surface area contributed by atoms with Gasteiger partial charge in [-0.25, -0.2) is 18.1 Å². The van der Waals surface area contributed by atoms with E-state index in [0.29, 0.717) is 17.2 Å².